The van der Waals surface area contributed by atoms with Crippen molar-refractivity contribution in [2.24, 2.45) is 0 Å². The van der Waals surface area contributed by atoms with Crippen LogP contribution in [0.1, 0.15) is 27.4 Å². The Kier molecular flexibility index (Phi) is 7.52. The summed E-state index contributed by atoms with van der Waals surface area (Å²) >= 11 is 0. The van der Waals surface area contributed by atoms with Crippen LogP contribution in [0.25, 0.3) is 0 Å². The minimum absolute atomic E-state index is 0.129. The van der Waals surface area contributed by atoms with Gasteiger partial charge in [-0.25, -0.2) is 13.2 Å². The van der Waals surface area contributed by atoms with Gasteiger partial charge in [-0.3, -0.25) is 4.79 Å². The van der Waals surface area contributed by atoms with Crippen molar-refractivity contribution in [3.8, 4) is 0 Å². The summed E-state index contributed by atoms with van der Waals surface area (Å²) in [6.07, 6.45) is -3.35. The first kappa shape index (κ1) is 26.9. The maximum Gasteiger partial charge on any atom is 0.416 e. The molecule has 12 heteroatoms. The highest BCUT2D eigenvalue weighted by molar-refractivity contribution is 7.88. The van der Waals surface area contributed by atoms with E-state index in [0.29, 0.717) is 6.54 Å². The molecule has 0 saturated carbocycles. The van der Waals surface area contributed by atoms with Gasteiger partial charge >= 0.3 is 12.2 Å². The van der Waals surface area contributed by atoms with Gasteiger partial charge in [0.25, 0.3) is 5.91 Å². The van der Waals surface area contributed by atoms with Gasteiger partial charge in [0.1, 0.15) is 0 Å². The Morgan fingerprint density at radius 1 is 0.892 bits per heavy atom. The van der Waals surface area contributed by atoms with E-state index in [4.69, 9.17) is 0 Å². The molecule has 2 atom stereocenters. The Balaban J connectivity index is 1.52. The molecule has 0 spiro atoms. The van der Waals surface area contributed by atoms with Crippen LogP contribution in [0.2, 0.25) is 0 Å². The molecular weight excluding hydrogens is 509 g/mol. The molecular formula is C25H29F3N4O4S. The average molecular weight is 539 g/mol. The van der Waals surface area contributed by atoms with Crippen LogP contribution >= 0.6 is 0 Å². The number of hydrogen-bond donors (Lipinski definition) is 0. The predicted octanol–water partition coefficient (Wildman–Crippen LogP) is 2.94. The number of carbonyl (C=O) groups is 2. The van der Waals surface area contributed by atoms with Gasteiger partial charge in [0.05, 0.1) is 17.9 Å². The van der Waals surface area contributed by atoms with Gasteiger partial charge in [-0.2, -0.15) is 17.5 Å². The predicted molar refractivity (Wildman–Crippen MR) is 131 cm³/mol. The van der Waals surface area contributed by atoms with Gasteiger partial charge in [-0.15, -0.1) is 0 Å². The molecule has 2 aromatic rings. The van der Waals surface area contributed by atoms with Crippen LogP contribution in [-0.2, 0) is 16.2 Å². The molecule has 4 rings (SSSR count). The number of carbonyl (C=O) groups excluding carboxylic acids is 2. The zero-order valence-electron chi connectivity index (χ0n) is 20.6. The van der Waals surface area contributed by atoms with Crippen molar-refractivity contribution >= 4 is 22.0 Å². The lowest BCUT2D eigenvalue weighted by Gasteiger charge is -2.35. The highest BCUT2D eigenvalue weighted by Crippen LogP contribution is 2.33. The normalized spacial score (nSPS) is 21.2. The summed E-state index contributed by atoms with van der Waals surface area (Å²) in [6.45, 7) is 1.57. The lowest BCUT2D eigenvalue weighted by atomic mass is 9.93. The third kappa shape index (κ3) is 5.90. The first-order valence-electron chi connectivity index (χ1n) is 11.8. The summed E-state index contributed by atoms with van der Waals surface area (Å²) < 4.78 is 63.8. The largest absolute Gasteiger partial charge is 0.416 e. The summed E-state index contributed by atoms with van der Waals surface area (Å²) in [4.78, 5) is 31.4. The molecule has 8 nitrogen and oxygen atoms in total. The molecule has 2 heterocycles. The fourth-order valence-electron chi connectivity index (χ4n) is 4.93. The minimum Gasteiger partial charge on any atom is -0.336 e. The molecule has 0 radical (unpaired) electrons. The number of rotatable bonds is 4. The molecule has 37 heavy (non-hydrogen) atoms. The van der Waals surface area contributed by atoms with E-state index in [1.54, 1.807) is 16.8 Å². The molecule has 0 bridgehead atoms. The summed E-state index contributed by atoms with van der Waals surface area (Å²) in [7, 11) is -1.73. The second-order valence-electron chi connectivity index (χ2n) is 9.41. The fourth-order valence-corrected chi connectivity index (χ4v) is 5.76. The summed E-state index contributed by atoms with van der Waals surface area (Å²) in [5, 5.41) is 0. The number of sulfonamides is 1. The van der Waals surface area contributed by atoms with E-state index in [1.165, 1.54) is 9.21 Å². The molecule has 2 aliphatic heterocycles. The number of piperazine rings is 1. The standard InChI is InChI=1S/C25H29F3N4O4S/c1-29(23(33)19-8-10-20(11-9-19)25(26,27)28)22-17-31(16-21(22)18-6-4-3-5-7-18)24(34)30-12-14-32(15-13-30)37(2,35)36/h3-11,21-22H,12-17H2,1-2H3/t21?,22-/m1/s1. The average Bonchev–Trinajstić information content (AvgIpc) is 3.32. The van der Waals surface area contributed by atoms with Crippen molar-refractivity contribution in [1.29, 1.82) is 0 Å². The number of likely N-dealkylation sites (N-methyl/N-ethyl adjacent to an activating group) is 1. The number of hydrogen-bond acceptors (Lipinski definition) is 4. The van der Waals surface area contributed by atoms with Crippen molar-refractivity contribution in [3.63, 3.8) is 0 Å². The van der Waals surface area contributed by atoms with E-state index in [9.17, 15) is 31.2 Å². The second kappa shape index (κ2) is 10.3. The van der Waals surface area contributed by atoms with Crippen molar-refractivity contribution in [3.05, 3.63) is 71.3 Å². The SMILES string of the molecule is CN(C(=O)c1ccc(C(F)(F)F)cc1)[C@@H]1CN(C(=O)N2CCN(S(C)(=O)=O)CC2)CC1c1ccccc1. The number of alkyl halides is 3. The van der Waals surface area contributed by atoms with Crippen LogP contribution < -0.4 is 0 Å². The topological polar surface area (TPSA) is 81.2 Å². The van der Waals surface area contributed by atoms with Crippen LogP contribution in [0.3, 0.4) is 0 Å². The molecule has 0 N–H and O–H groups in total. The smallest absolute Gasteiger partial charge is 0.336 e. The van der Waals surface area contributed by atoms with Crippen LogP contribution in [0.5, 0.6) is 0 Å². The monoisotopic (exact) mass is 538 g/mol. The van der Waals surface area contributed by atoms with E-state index >= 15 is 0 Å². The van der Waals surface area contributed by atoms with Gasteiger partial charge in [-0.1, -0.05) is 30.3 Å². The minimum atomic E-state index is -4.50. The molecule has 0 aliphatic carbocycles. The maximum atomic E-state index is 13.3. The third-order valence-corrected chi connectivity index (χ3v) is 8.35. The molecule has 1 unspecified atom stereocenters. The first-order chi connectivity index (χ1) is 17.4. The van der Waals surface area contributed by atoms with Crippen LogP contribution in [0.15, 0.2) is 54.6 Å². The number of urea groups is 1. The van der Waals surface area contributed by atoms with E-state index in [1.807, 2.05) is 30.3 Å². The molecule has 200 valence electrons. The number of halogens is 3. The van der Waals surface area contributed by atoms with Gasteiger partial charge in [0.15, 0.2) is 0 Å². The summed E-state index contributed by atoms with van der Waals surface area (Å²) in [6, 6.07) is 12.9. The molecule has 2 fully saturated rings. The van der Waals surface area contributed by atoms with Gasteiger partial charge in [0, 0.05) is 57.8 Å². The lowest BCUT2D eigenvalue weighted by Crippen LogP contribution is -2.53. The fraction of sp³-hybridized carbons (Fsp3) is 0.440. The van der Waals surface area contributed by atoms with Crippen LogP contribution in [-0.4, -0.2) is 98.0 Å². The van der Waals surface area contributed by atoms with E-state index in [0.717, 1.165) is 36.1 Å². The maximum absolute atomic E-state index is 13.3. The molecule has 2 aliphatic rings. The van der Waals surface area contributed by atoms with Gasteiger partial charge in [0.2, 0.25) is 10.0 Å². The highest BCUT2D eigenvalue weighted by Gasteiger charge is 2.42. The Morgan fingerprint density at radius 2 is 1.49 bits per heavy atom. The van der Waals surface area contributed by atoms with Crippen molar-refractivity contribution in [2.75, 3.05) is 52.6 Å². The van der Waals surface area contributed by atoms with E-state index < -0.39 is 33.7 Å². The lowest BCUT2D eigenvalue weighted by molar-refractivity contribution is -0.137. The number of likely N-dealkylation sites (tertiary alicyclic amines) is 1. The Bertz CT molecular complexity index is 1230. The Labute approximate surface area is 214 Å². The highest BCUT2D eigenvalue weighted by atomic mass is 32.2. The Hall–Kier alpha value is -3.12. The Morgan fingerprint density at radius 3 is 2.03 bits per heavy atom. The zero-order valence-corrected chi connectivity index (χ0v) is 21.4. The van der Waals surface area contributed by atoms with Crippen molar-refractivity contribution in [2.45, 2.75) is 18.1 Å². The molecule has 0 aromatic heterocycles. The quantitative estimate of drug-likeness (QED) is 0.600. The van der Waals surface area contributed by atoms with Crippen molar-refractivity contribution < 1.29 is 31.2 Å². The number of amides is 3. The van der Waals surface area contributed by atoms with Crippen LogP contribution in [0, 0.1) is 0 Å². The molecule has 2 saturated heterocycles. The van der Waals surface area contributed by atoms with E-state index in [-0.39, 0.29) is 50.2 Å². The van der Waals surface area contributed by atoms with E-state index in [2.05, 4.69) is 0 Å². The van der Waals surface area contributed by atoms with Gasteiger partial charge < -0.3 is 14.7 Å². The first-order valence-corrected chi connectivity index (χ1v) is 13.7. The summed E-state index contributed by atoms with van der Waals surface area (Å²) in [5.74, 6) is -0.637. The molecule has 2 aromatic carbocycles. The van der Waals surface area contributed by atoms with Crippen molar-refractivity contribution in [1.82, 2.24) is 19.0 Å². The van der Waals surface area contributed by atoms with Gasteiger partial charge in [-0.05, 0) is 29.8 Å². The second-order valence-corrected chi connectivity index (χ2v) is 11.4. The third-order valence-electron chi connectivity index (χ3n) is 7.04. The number of nitrogens with zero attached hydrogens (tertiary/aromatic N) is 4. The zero-order chi connectivity index (χ0) is 27.0. The summed E-state index contributed by atoms with van der Waals surface area (Å²) in [5.41, 5.74) is 0.239. The molecule has 3 amide bonds. The van der Waals surface area contributed by atoms with Crippen LogP contribution in [0.4, 0.5) is 18.0 Å². The number of benzene rings is 2.